The van der Waals surface area contributed by atoms with Crippen LogP contribution in [0.25, 0.3) is 0 Å². The quantitative estimate of drug-likeness (QED) is 0.752. The third-order valence-electron chi connectivity index (χ3n) is 2.20. The van der Waals surface area contributed by atoms with Crippen LogP contribution in [0, 0.1) is 5.41 Å². The molecule has 0 bridgehead atoms. The van der Waals surface area contributed by atoms with Crippen molar-refractivity contribution in [3.05, 3.63) is 27.7 Å². The van der Waals surface area contributed by atoms with Crippen LogP contribution in [0.15, 0.2) is 12.1 Å². The van der Waals surface area contributed by atoms with Gasteiger partial charge in [0.25, 0.3) is 0 Å². The van der Waals surface area contributed by atoms with Crippen molar-refractivity contribution < 1.29 is 9.53 Å². The molecule has 0 fully saturated rings. The monoisotopic (exact) mass is 274 g/mol. The highest BCUT2D eigenvalue weighted by molar-refractivity contribution is 6.36. The molecule has 94 valence electrons. The number of halogens is 2. The Labute approximate surface area is 112 Å². The minimum Gasteiger partial charge on any atom is -0.494 e. The molecule has 0 aromatic heterocycles. The van der Waals surface area contributed by atoms with Crippen molar-refractivity contribution in [1.29, 1.82) is 0 Å². The largest absolute Gasteiger partial charge is 0.494 e. The van der Waals surface area contributed by atoms with Gasteiger partial charge < -0.3 is 4.74 Å². The number of ketones is 1. The van der Waals surface area contributed by atoms with Crippen LogP contribution in [0.5, 0.6) is 5.75 Å². The second kappa shape index (κ2) is 5.28. The molecule has 0 heterocycles. The van der Waals surface area contributed by atoms with Crippen LogP contribution in [0.1, 0.15) is 37.6 Å². The Morgan fingerprint density at radius 3 is 2.35 bits per heavy atom. The van der Waals surface area contributed by atoms with Crippen molar-refractivity contribution >= 4 is 29.0 Å². The lowest BCUT2D eigenvalue weighted by Gasteiger charge is -2.18. The number of rotatable bonds is 3. The van der Waals surface area contributed by atoms with Gasteiger partial charge in [0, 0.05) is 11.4 Å². The third-order valence-corrected chi connectivity index (χ3v) is 2.70. The molecule has 0 N–H and O–H groups in total. The average molecular weight is 275 g/mol. The first-order valence-electron chi connectivity index (χ1n) is 5.31. The fraction of sp³-hybridized carbons (Fsp3) is 0.462. The fourth-order valence-electron chi connectivity index (χ4n) is 1.55. The minimum absolute atomic E-state index is 0.0150. The van der Waals surface area contributed by atoms with Gasteiger partial charge in [-0.3, -0.25) is 4.79 Å². The lowest BCUT2D eigenvalue weighted by atomic mass is 9.87. The van der Waals surface area contributed by atoms with Gasteiger partial charge in [0.15, 0.2) is 5.78 Å². The number of hydrogen-bond donors (Lipinski definition) is 0. The molecule has 0 spiro atoms. The van der Waals surface area contributed by atoms with E-state index in [0.717, 1.165) is 0 Å². The summed E-state index contributed by atoms with van der Waals surface area (Å²) >= 11 is 11.9. The predicted molar refractivity (Wildman–Crippen MR) is 71.4 cm³/mol. The van der Waals surface area contributed by atoms with Crippen molar-refractivity contribution in [1.82, 2.24) is 0 Å². The highest BCUT2D eigenvalue weighted by Crippen LogP contribution is 2.34. The van der Waals surface area contributed by atoms with Gasteiger partial charge in [-0.25, -0.2) is 0 Å². The number of benzene rings is 1. The summed E-state index contributed by atoms with van der Waals surface area (Å²) in [7, 11) is 1.49. The van der Waals surface area contributed by atoms with Gasteiger partial charge in [0.05, 0.1) is 17.7 Å². The summed E-state index contributed by atoms with van der Waals surface area (Å²) in [6.07, 6.45) is 0.417. The van der Waals surface area contributed by atoms with E-state index in [1.54, 1.807) is 12.1 Å². The Morgan fingerprint density at radius 1 is 1.29 bits per heavy atom. The van der Waals surface area contributed by atoms with E-state index < -0.39 is 0 Å². The summed E-state index contributed by atoms with van der Waals surface area (Å²) in [6.45, 7) is 6.01. The standard InChI is InChI=1S/C13H16Cl2O2/c1-13(2,3)7-11(16)9-5-8(14)6-10(15)12(9)17-4/h5-6H,7H2,1-4H3. The first kappa shape index (κ1) is 14.3. The van der Waals surface area contributed by atoms with E-state index in [0.29, 0.717) is 27.8 Å². The first-order chi connectivity index (χ1) is 7.74. The summed E-state index contributed by atoms with van der Waals surface area (Å²) in [6, 6.07) is 3.16. The number of ether oxygens (including phenoxy) is 1. The molecule has 0 saturated heterocycles. The Morgan fingerprint density at radius 2 is 1.88 bits per heavy atom. The summed E-state index contributed by atoms with van der Waals surface area (Å²) in [5, 5.41) is 0.797. The third kappa shape index (κ3) is 3.90. The molecule has 1 aromatic carbocycles. The molecule has 0 unspecified atom stereocenters. The Kier molecular flexibility index (Phi) is 4.45. The molecule has 1 aromatic rings. The van der Waals surface area contributed by atoms with Crippen LogP contribution in [0.3, 0.4) is 0 Å². The van der Waals surface area contributed by atoms with Crippen molar-refractivity contribution in [3.8, 4) is 5.75 Å². The maximum absolute atomic E-state index is 12.1. The number of carbonyl (C=O) groups excluding carboxylic acids is 1. The zero-order valence-corrected chi connectivity index (χ0v) is 11.9. The summed E-state index contributed by atoms with van der Waals surface area (Å²) < 4.78 is 5.16. The van der Waals surface area contributed by atoms with E-state index in [-0.39, 0.29) is 11.2 Å². The molecular formula is C13H16Cl2O2. The SMILES string of the molecule is COc1c(Cl)cc(Cl)cc1C(=O)CC(C)(C)C. The lowest BCUT2D eigenvalue weighted by Crippen LogP contribution is -2.14. The van der Waals surface area contributed by atoms with Crippen molar-refractivity contribution in [2.75, 3.05) is 7.11 Å². The second-order valence-corrected chi connectivity index (χ2v) is 5.97. The van der Waals surface area contributed by atoms with Crippen LogP contribution >= 0.6 is 23.2 Å². The van der Waals surface area contributed by atoms with E-state index in [1.807, 2.05) is 20.8 Å². The molecule has 0 aliphatic heterocycles. The molecule has 0 aliphatic rings. The van der Waals surface area contributed by atoms with Gasteiger partial charge >= 0.3 is 0 Å². The molecule has 1 rings (SSSR count). The maximum Gasteiger partial charge on any atom is 0.167 e. The van der Waals surface area contributed by atoms with Crippen molar-refractivity contribution in [2.24, 2.45) is 5.41 Å². The van der Waals surface area contributed by atoms with Crippen LogP contribution in [-0.4, -0.2) is 12.9 Å². The molecule has 4 heteroatoms. The Balaban J connectivity index is 3.16. The molecule has 0 radical (unpaired) electrons. The Bertz CT molecular complexity index is 434. The van der Waals surface area contributed by atoms with E-state index in [9.17, 15) is 4.79 Å². The topological polar surface area (TPSA) is 26.3 Å². The number of methoxy groups -OCH3 is 1. The highest BCUT2D eigenvalue weighted by Gasteiger charge is 2.22. The van der Waals surface area contributed by atoms with Crippen molar-refractivity contribution in [3.63, 3.8) is 0 Å². The maximum atomic E-state index is 12.1. The van der Waals surface area contributed by atoms with E-state index >= 15 is 0 Å². The predicted octanol–water partition coefficient (Wildman–Crippen LogP) is 4.62. The molecule has 0 aliphatic carbocycles. The molecule has 0 amide bonds. The summed E-state index contributed by atoms with van der Waals surface area (Å²) in [5.41, 5.74) is 0.358. The van der Waals surface area contributed by atoms with E-state index in [1.165, 1.54) is 7.11 Å². The van der Waals surface area contributed by atoms with Crippen LogP contribution < -0.4 is 4.74 Å². The van der Waals surface area contributed by atoms with Gasteiger partial charge in [-0.15, -0.1) is 0 Å². The van der Waals surface area contributed by atoms with Crippen LogP contribution in [0.4, 0.5) is 0 Å². The molecule has 2 nitrogen and oxygen atoms in total. The van der Waals surface area contributed by atoms with Gasteiger partial charge in [-0.05, 0) is 17.5 Å². The minimum atomic E-state index is -0.0864. The summed E-state index contributed by atoms with van der Waals surface area (Å²) in [5.74, 6) is 0.379. The van der Waals surface area contributed by atoms with Gasteiger partial charge in [0.2, 0.25) is 0 Å². The van der Waals surface area contributed by atoms with Gasteiger partial charge in [0.1, 0.15) is 5.75 Å². The van der Waals surface area contributed by atoms with E-state index in [4.69, 9.17) is 27.9 Å². The molecule has 0 saturated carbocycles. The summed E-state index contributed by atoms with van der Waals surface area (Å²) in [4.78, 5) is 12.1. The molecule has 17 heavy (non-hydrogen) atoms. The number of carbonyl (C=O) groups is 1. The normalized spacial score (nSPS) is 11.4. The number of hydrogen-bond acceptors (Lipinski definition) is 2. The smallest absolute Gasteiger partial charge is 0.167 e. The van der Waals surface area contributed by atoms with Crippen molar-refractivity contribution in [2.45, 2.75) is 27.2 Å². The zero-order valence-electron chi connectivity index (χ0n) is 10.4. The fourth-order valence-corrected chi connectivity index (χ4v) is 2.12. The number of Topliss-reactive ketones (excluding diaryl/α,β-unsaturated/α-hetero) is 1. The van der Waals surface area contributed by atoms with E-state index in [2.05, 4.69) is 0 Å². The van der Waals surface area contributed by atoms with Gasteiger partial charge in [-0.2, -0.15) is 0 Å². The first-order valence-corrected chi connectivity index (χ1v) is 6.06. The average Bonchev–Trinajstić information content (AvgIpc) is 2.13. The van der Waals surface area contributed by atoms with Gasteiger partial charge in [-0.1, -0.05) is 44.0 Å². The molecule has 0 atom stereocenters. The lowest BCUT2D eigenvalue weighted by molar-refractivity contribution is 0.0937. The zero-order chi connectivity index (χ0) is 13.2. The Hall–Kier alpha value is -0.730. The van der Waals surface area contributed by atoms with Crippen LogP contribution in [0.2, 0.25) is 10.0 Å². The molecular weight excluding hydrogens is 259 g/mol. The second-order valence-electron chi connectivity index (χ2n) is 5.13. The van der Waals surface area contributed by atoms with Crippen LogP contribution in [-0.2, 0) is 0 Å². The highest BCUT2D eigenvalue weighted by atomic mass is 35.5.